The lowest BCUT2D eigenvalue weighted by atomic mass is 10.2. The molecule has 1 atom stereocenters. The molecule has 168 valence electrons. The van der Waals surface area contributed by atoms with E-state index in [1.807, 2.05) is 0 Å². The number of benzene rings is 3. The molecule has 0 aliphatic rings. The number of halogens is 1. The highest BCUT2D eigenvalue weighted by atomic mass is 35.5. The Kier molecular flexibility index (Phi) is 7.72. The van der Waals surface area contributed by atoms with Crippen molar-refractivity contribution in [2.45, 2.75) is 13.0 Å². The van der Waals surface area contributed by atoms with Crippen molar-refractivity contribution in [1.82, 2.24) is 5.43 Å². The molecule has 0 heterocycles. The number of carbonyl (C=O) groups is 2. The molecule has 0 aromatic heterocycles. The molecule has 0 saturated carbocycles. The summed E-state index contributed by atoms with van der Waals surface area (Å²) in [7, 11) is 0. The molecule has 0 bridgehead atoms. The maximum atomic E-state index is 12.4. The van der Waals surface area contributed by atoms with Crippen LogP contribution in [0.5, 0.6) is 11.5 Å². The number of nitrogens with one attached hydrogen (secondary N) is 1. The molecule has 9 nitrogen and oxygen atoms in total. The predicted molar refractivity (Wildman–Crippen MR) is 122 cm³/mol. The van der Waals surface area contributed by atoms with E-state index in [0.717, 1.165) is 0 Å². The first-order valence-corrected chi connectivity index (χ1v) is 10.0. The number of nitro benzene ring substituents is 1. The molecule has 33 heavy (non-hydrogen) atoms. The van der Waals surface area contributed by atoms with Gasteiger partial charge in [-0.3, -0.25) is 14.9 Å². The van der Waals surface area contributed by atoms with E-state index in [1.54, 1.807) is 54.6 Å². The third-order valence-electron chi connectivity index (χ3n) is 4.31. The first-order chi connectivity index (χ1) is 15.8. The van der Waals surface area contributed by atoms with Gasteiger partial charge in [-0.2, -0.15) is 5.10 Å². The van der Waals surface area contributed by atoms with Crippen molar-refractivity contribution in [3.05, 3.63) is 99.1 Å². The fraction of sp³-hybridized carbons (Fsp3) is 0.0870. The Morgan fingerprint density at radius 3 is 2.36 bits per heavy atom. The predicted octanol–water partition coefficient (Wildman–Crippen LogP) is 4.39. The van der Waals surface area contributed by atoms with Crippen LogP contribution in [-0.2, 0) is 4.79 Å². The first kappa shape index (κ1) is 23.4. The topological polar surface area (TPSA) is 120 Å². The second-order valence-corrected chi connectivity index (χ2v) is 7.09. The maximum Gasteiger partial charge on any atom is 0.343 e. The van der Waals surface area contributed by atoms with E-state index >= 15 is 0 Å². The zero-order valence-corrected chi connectivity index (χ0v) is 18.1. The lowest BCUT2D eigenvalue weighted by Gasteiger charge is -2.12. The van der Waals surface area contributed by atoms with Gasteiger partial charge in [-0.05, 0) is 49.4 Å². The normalized spacial score (nSPS) is 11.6. The Bertz CT molecular complexity index is 1200. The van der Waals surface area contributed by atoms with Crippen molar-refractivity contribution in [3.8, 4) is 11.5 Å². The number of rotatable bonds is 8. The molecule has 0 aliphatic carbocycles. The summed E-state index contributed by atoms with van der Waals surface area (Å²) in [4.78, 5) is 35.1. The third kappa shape index (κ3) is 6.37. The molecule has 3 aromatic rings. The minimum Gasteiger partial charge on any atom is -0.474 e. The number of nitrogens with zero attached hydrogens (tertiary/aromatic N) is 2. The highest BCUT2D eigenvalue weighted by molar-refractivity contribution is 6.30. The quantitative estimate of drug-likeness (QED) is 0.172. The van der Waals surface area contributed by atoms with Crippen LogP contribution in [-0.4, -0.2) is 29.1 Å². The number of hydrogen-bond acceptors (Lipinski definition) is 7. The second-order valence-electron chi connectivity index (χ2n) is 6.65. The van der Waals surface area contributed by atoms with Crippen LogP contribution in [0.25, 0.3) is 0 Å². The zero-order chi connectivity index (χ0) is 23.8. The Hall–Kier alpha value is -4.24. The van der Waals surface area contributed by atoms with Crippen LogP contribution in [0, 0.1) is 10.1 Å². The number of esters is 1. The number of carbonyl (C=O) groups excluding carboxylic acids is 2. The molecule has 0 aliphatic heterocycles. The summed E-state index contributed by atoms with van der Waals surface area (Å²) in [6.07, 6.45) is 0.251. The number of nitro groups is 1. The van der Waals surface area contributed by atoms with Gasteiger partial charge in [-0.1, -0.05) is 35.9 Å². The van der Waals surface area contributed by atoms with Gasteiger partial charge in [-0.25, -0.2) is 10.2 Å². The van der Waals surface area contributed by atoms with Crippen LogP contribution in [0.3, 0.4) is 0 Å². The Morgan fingerprint density at radius 1 is 1.03 bits per heavy atom. The monoisotopic (exact) mass is 467 g/mol. The molecule has 0 radical (unpaired) electrons. The fourth-order valence-electron chi connectivity index (χ4n) is 2.63. The van der Waals surface area contributed by atoms with Crippen LogP contribution < -0.4 is 14.9 Å². The molecule has 1 unspecified atom stereocenters. The molecule has 3 rings (SSSR count). The minimum atomic E-state index is -1.05. The van der Waals surface area contributed by atoms with E-state index in [-0.39, 0.29) is 17.2 Å². The van der Waals surface area contributed by atoms with Gasteiger partial charge in [0.05, 0.1) is 16.7 Å². The van der Waals surface area contributed by atoms with Crippen molar-refractivity contribution in [1.29, 1.82) is 0 Å². The van der Waals surface area contributed by atoms with E-state index in [1.165, 1.54) is 31.3 Å². The number of ether oxygens (including phenoxy) is 2. The van der Waals surface area contributed by atoms with Gasteiger partial charge >= 0.3 is 11.7 Å². The van der Waals surface area contributed by atoms with Crippen molar-refractivity contribution in [3.63, 3.8) is 0 Å². The summed E-state index contributed by atoms with van der Waals surface area (Å²) in [6, 6.07) is 18.6. The standard InChI is InChI=1S/C23H18ClN3O6/c1-15(32-21-9-5-3-7-19(21)27(30)31)22(28)26-25-14-17-6-2-4-8-20(17)33-23(29)16-10-12-18(24)13-11-16/h2-15H,1H3,(H,26,28). The van der Waals surface area contributed by atoms with Crippen LogP contribution in [0.2, 0.25) is 5.02 Å². The molecular formula is C23H18ClN3O6. The summed E-state index contributed by atoms with van der Waals surface area (Å²) < 4.78 is 10.8. The van der Waals surface area contributed by atoms with Crippen molar-refractivity contribution < 1.29 is 24.0 Å². The van der Waals surface area contributed by atoms with E-state index in [9.17, 15) is 19.7 Å². The number of hydrogen-bond donors (Lipinski definition) is 1. The average molecular weight is 468 g/mol. The van der Waals surface area contributed by atoms with E-state index in [0.29, 0.717) is 16.1 Å². The average Bonchev–Trinajstić information content (AvgIpc) is 2.80. The summed E-state index contributed by atoms with van der Waals surface area (Å²) in [5.74, 6) is -1.00. The summed E-state index contributed by atoms with van der Waals surface area (Å²) >= 11 is 5.83. The van der Waals surface area contributed by atoms with Gasteiger partial charge in [0.2, 0.25) is 0 Å². The van der Waals surface area contributed by atoms with Crippen LogP contribution in [0.15, 0.2) is 77.9 Å². The second kappa shape index (κ2) is 10.9. The fourth-order valence-corrected chi connectivity index (χ4v) is 2.76. The van der Waals surface area contributed by atoms with Gasteiger partial charge in [-0.15, -0.1) is 0 Å². The SMILES string of the molecule is CC(Oc1ccccc1[N+](=O)[O-])C(=O)NN=Cc1ccccc1OC(=O)c1ccc(Cl)cc1. The van der Waals surface area contributed by atoms with E-state index in [4.69, 9.17) is 21.1 Å². The third-order valence-corrected chi connectivity index (χ3v) is 4.57. The van der Waals surface area contributed by atoms with Gasteiger partial charge in [0.1, 0.15) is 5.75 Å². The lowest BCUT2D eigenvalue weighted by Crippen LogP contribution is -2.33. The van der Waals surface area contributed by atoms with Crippen LogP contribution in [0.4, 0.5) is 5.69 Å². The van der Waals surface area contributed by atoms with Gasteiger partial charge < -0.3 is 9.47 Å². The van der Waals surface area contributed by atoms with Gasteiger partial charge in [0.15, 0.2) is 11.9 Å². The molecule has 1 amide bonds. The summed E-state index contributed by atoms with van der Waals surface area (Å²) in [6.45, 7) is 1.43. The highest BCUT2D eigenvalue weighted by Gasteiger charge is 2.20. The molecular weight excluding hydrogens is 450 g/mol. The summed E-state index contributed by atoms with van der Waals surface area (Å²) in [5.41, 5.74) is 2.80. The molecule has 0 fully saturated rings. The van der Waals surface area contributed by atoms with E-state index in [2.05, 4.69) is 10.5 Å². The van der Waals surface area contributed by atoms with Crippen LogP contribution >= 0.6 is 11.6 Å². The maximum absolute atomic E-state index is 12.4. The highest BCUT2D eigenvalue weighted by Crippen LogP contribution is 2.26. The smallest absolute Gasteiger partial charge is 0.343 e. The van der Waals surface area contributed by atoms with Gasteiger partial charge in [0.25, 0.3) is 5.91 Å². The Balaban J connectivity index is 1.63. The minimum absolute atomic E-state index is 0.0337. The molecule has 10 heteroatoms. The van der Waals surface area contributed by atoms with E-state index < -0.39 is 22.9 Å². The van der Waals surface area contributed by atoms with Crippen molar-refractivity contribution >= 4 is 35.4 Å². The summed E-state index contributed by atoms with van der Waals surface area (Å²) in [5, 5.41) is 15.4. The molecule has 1 N–H and O–H groups in total. The zero-order valence-electron chi connectivity index (χ0n) is 17.3. The molecule has 3 aromatic carbocycles. The Morgan fingerprint density at radius 2 is 1.67 bits per heavy atom. The number of amides is 1. The van der Waals surface area contributed by atoms with Crippen molar-refractivity contribution in [2.24, 2.45) is 5.10 Å². The lowest BCUT2D eigenvalue weighted by molar-refractivity contribution is -0.386. The number of hydrazone groups is 1. The molecule has 0 saturated heterocycles. The Labute approximate surface area is 193 Å². The molecule has 0 spiro atoms. The van der Waals surface area contributed by atoms with Gasteiger partial charge in [0, 0.05) is 16.7 Å². The largest absolute Gasteiger partial charge is 0.474 e. The van der Waals surface area contributed by atoms with Crippen molar-refractivity contribution in [2.75, 3.05) is 0 Å². The van der Waals surface area contributed by atoms with Crippen LogP contribution in [0.1, 0.15) is 22.8 Å². The first-order valence-electron chi connectivity index (χ1n) is 9.65. The number of para-hydroxylation sites is 3.